The van der Waals surface area contributed by atoms with Gasteiger partial charge < -0.3 is 10.2 Å². The third kappa shape index (κ3) is 6.51. The fourth-order valence-corrected chi connectivity index (χ4v) is 4.59. The summed E-state index contributed by atoms with van der Waals surface area (Å²) in [5.74, 6) is 0.979. The molecule has 0 radical (unpaired) electrons. The monoisotopic (exact) mass is 491 g/mol. The lowest BCUT2D eigenvalue weighted by atomic mass is 9.98. The Morgan fingerprint density at radius 3 is 2.36 bits per heavy atom. The van der Waals surface area contributed by atoms with E-state index < -0.39 is 0 Å². The standard InChI is InChI=1S/C28H36FN5.C2H6/c1-8-22(13-12-17(2)3)34(7)27-15-25-24(14-26(27)29)20(6)32-33-28(25)31-19(5)23-11-9-10-21(16-30)18(23)4;1-2/h9-11,14-15,17,19,22H,8,12-13H2,1-7H3,(H,31,33);1-2H3/t19-,22?;/m1./s1. The van der Waals surface area contributed by atoms with Crippen LogP contribution in [0.5, 0.6) is 0 Å². The predicted octanol–water partition coefficient (Wildman–Crippen LogP) is 8.11. The molecule has 0 amide bonds. The molecule has 1 unspecified atom stereocenters. The van der Waals surface area contributed by atoms with Crippen molar-refractivity contribution >= 4 is 22.3 Å². The zero-order valence-corrected chi connectivity index (χ0v) is 23.4. The van der Waals surface area contributed by atoms with Crippen LogP contribution in [0.15, 0.2) is 30.3 Å². The SMILES string of the molecule is CC.CCC(CCC(C)C)N(C)c1cc2c(N[C@H](C)c3cccc(C#N)c3C)nnc(C)c2cc1F. The average molecular weight is 492 g/mol. The second kappa shape index (κ2) is 13.2. The summed E-state index contributed by atoms with van der Waals surface area (Å²) in [6.45, 7) is 16.4. The number of nitrogens with zero attached hydrogens (tertiary/aromatic N) is 4. The summed E-state index contributed by atoms with van der Waals surface area (Å²) in [5, 5.41) is 23.2. The lowest BCUT2D eigenvalue weighted by Gasteiger charge is -2.30. The summed E-state index contributed by atoms with van der Waals surface area (Å²) >= 11 is 0. The van der Waals surface area contributed by atoms with Gasteiger partial charge >= 0.3 is 0 Å². The van der Waals surface area contributed by atoms with Crippen LogP contribution in [0.3, 0.4) is 0 Å². The van der Waals surface area contributed by atoms with Gasteiger partial charge in [-0.3, -0.25) is 0 Å². The summed E-state index contributed by atoms with van der Waals surface area (Å²) in [5.41, 5.74) is 3.89. The molecular weight excluding hydrogens is 449 g/mol. The molecule has 0 aliphatic rings. The minimum absolute atomic E-state index is 0.103. The molecule has 3 aromatic rings. The lowest BCUT2D eigenvalue weighted by molar-refractivity contribution is 0.472. The lowest BCUT2D eigenvalue weighted by Crippen LogP contribution is -2.32. The number of rotatable bonds is 9. The van der Waals surface area contributed by atoms with E-state index in [-0.39, 0.29) is 17.9 Å². The molecule has 36 heavy (non-hydrogen) atoms. The van der Waals surface area contributed by atoms with E-state index in [1.54, 1.807) is 6.07 Å². The third-order valence-electron chi connectivity index (χ3n) is 6.82. The number of nitriles is 1. The molecule has 1 aromatic heterocycles. The van der Waals surface area contributed by atoms with Crippen molar-refractivity contribution in [1.29, 1.82) is 5.26 Å². The van der Waals surface area contributed by atoms with Gasteiger partial charge in [0, 0.05) is 23.9 Å². The molecule has 0 bridgehead atoms. The van der Waals surface area contributed by atoms with E-state index in [0.29, 0.717) is 28.7 Å². The van der Waals surface area contributed by atoms with Crippen LogP contribution >= 0.6 is 0 Å². The predicted molar refractivity (Wildman–Crippen MR) is 150 cm³/mol. The normalized spacial score (nSPS) is 12.5. The fraction of sp³-hybridized carbons (Fsp3) is 0.500. The first-order chi connectivity index (χ1) is 17.2. The number of anilines is 2. The molecular formula is C30H42FN5. The van der Waals surface area contributed by atoms with Crippen LogP contribution < -0.4 is 10.2 Å². The highest BCUT2D eigenvalue weighted by molar-refractivity contribution is 5.95. The number of aryl methyl sites for hydroxylation is 1. The van der Waals surface area contributed by atoms with Crippen molar-refractivity contribution in [2.75, 3.05) is 17.3 Å². The molecule has 0 spiro atoms. The molecule has 2 aromatic carbocycles. The minimum Gasteiger partial charge on any atom is -0.369 e. The number of hydrogen-bond donors (Lipinski definition) is 1. The zero-order chi connectivity index (χ0) is 27.0. The molecule has 1 N–H and O–H groups in total. The molecule has 0 aliphatic carbocycles. The molecule has 6 heteroatoms. The number of halogens is 1. The fourth-order valence-electron chi connectivity index (χ4n) is 4.59. The van der Waals surface area contributed by atoms with Crippen LogP contribution in [0.1, 0.15) is 89.2 Å². The maximum absolute atomic E-state index is 15.3. The molecule has 194 valence electrons. The Morgan fingerprint density at radius 1 is 1.06 bits per heavy atom. The van der Waals surface area contributed by atoms with Crippen LogP contribution in [0.25, 0.3) is 10.8 Å². The van der Waals surface area contributed by atoms with Gasteiger partial charge in [0.15, 0.2) is 5.82 Å². The largest absolute Gasteiger partial charge is 0.369 e. The van der Waals surface area contributed by atoms with E-state index in [4.69, 9.17) is 0 Å². The van der Waals surface area contributed by atoms with Crippen molar-refractivity contribution in [2.24, 2.45) is 5.92 Å². The van der Waals surface area contributed by atoms with Crippen LogP contribution in [0.4, 0.5) is 15.9 Å². The number of hydrogen-bond acceptors (Lipinski definition) is 5. The maximum atomic E-state index is 15.3. The minimum atomic E-state index is -0.245. The van der Waals surface area contributed by atoms with Gasteiger partial charge in [0.1, 0.15) is 5.82 Å². The van der Waals surface area contributed by atoms with Gasteiger partial charge in [-0.1, -0.05) is 46.8 Å². The molecule has 1 heterocycles. The summed E-state index contributed by atoms with van der Waals surface area (Å²) in [6.07, 6.45) is 3.07. The van der Waals surface area contributed by atoms with Gasteiger partial charge in [-0.2, -0.15) is 10.4 Å². The van der Waals surface area contributed by atoms with E-state index in [2.05, 4.69) is 47.3 Å². The molecule has 0 saturated heterocycles. The Balaban J connectivity index is 0.00000222. The van der Waals surface area contributed by atoms with Gasteiger partial charge in [0.05, 0.1) is 29.1 Å². The van der Waals surface area contributed by atoms with Crippen molar-refractivity contribution in [1.82, 2.24) is 10.2 Å². The summed E-state index contributed by atoms with van der Waals surface area (Å²) in [6, 6.07) is 11.6. The van der Waals surface area contributed by atoms with E-state index in [9.17, 15) is 5.26 Å². The molecule has 5 nitrogen and oxygen atoms in total. The van der Waals surface area contributed by atoms with E-state index in [1.807, 2.05) is 65.9 Å². The Hall–Kier alpha value is -3.20. The maximum Gasteiger partial charge on any atom is 0.157 e. The van der Waals surface area contributed by atoms with Gasteiger partial charge in [-0.25, -0.2) is 4.39 Å². The summed E-state index contributed by atoms with van der Waals surface area (Å²) < 4.78 is 15.3. The van der Waals surface area contributed by atoms with Crippen LogP contribution in [0.2, 0.25) is 0 Å². The number of nitrogens with one attached hydrogen (secondary N) is 1. The highest BCUT2D eigenvalue weighted by Gasteiger charge is 2.21. The smallest absolute Gasteiger partial charge is 0.157 e. The van der Waals surface area contributed by atoms with E-state index in [0.717, 1.165) is 41.2 Å². The first-order valence-electron chi connectivity index (χ1n) is 13.1. The number of fused-ring (bicyclic) bond motifs is 1. The molecule has 2 atom stereocenters. The first kappa shape index (κ1) is 29.0. The van der Waals surface area contributed by atoms with E-state index in [1.165, 1.54) is 0 Å². The van der Waals surface area contributed by atoms with Crippen LogP contribution in [-0.4, -0.2) is 23.3 Å². The average Bonchev–Trinajstić information content (AvgIpc) is 2.87. The summed E-state index contributed by atoms with van der Waals surface area (Å²) in [7, 11) is 1.98. The zero-order valence-electron chi connectivity index (χ0n) is 23.4. The highest BCUT2D eigenvalue weighted by atomic mass is 19.1. The van der Waals surface area contributed by atoms with Crippen molar-refractivity contribution in [2.45, 2.75) is 86.7 Å². The quantitative estimate of drug-likeness (QED) is 0.327. The van der Waals surface area contributed by atoms with Gasteiger partial charge in [0.25, 0.3) is 0 Å². The van der Waals surface area contributed by atoms with Crippen LogP contribution in [0, 0.1) is 36.9 Å². The van der Waals surface area contributed by atoms with Crippen LogP contribution in [-0.2, 0) is 0 Å². The first-order valence-corrected chi connectivity index (χ1v) is 13.1. The topological polar surface area (TPSA) is 64.8 Å². The number of benzene rings is 2. The Morgan fingerprint density at radius 2 is 1.75 bits per heavy atom. The third-order valence-corrected chi connectivity index (χ3v) is 6.82. The van der Waals surface area contributed by atoms with Crippen molar-refractivity contribution in [3.8, 4) is 6.07 Å². The Kier molecular flexibility index (Phi) is 10.6. The molecule has 0 saturated carbocycles. The molecule has 0 aliphatic heterocycles. The molecule has 0 fully saturated rings. The van der Waals surface area contributed by atoms with Gasteiger partial charge in [0.2, 0.25) is 0 Å². The van der Waals surface area contributed by atoms with Crippen molar-refractivity contribution < 1.29 is 4.39 Å². The highest BCUT2D eigenvalue weighted by Crippen LogP contribution is 2.34. The Labute approximate surface area is 216 Å². The second-order valence-corrected chi connectivity index (χ2v) is 9.63. The van der Waals surface area contributed by atoms with Gasteiger partial charge in [-0.05, 0) is 75.3 Å². The molecule has 3 rings (SSSR count). The Bertz CT molecular complexity index is 1200. The van der Waals surface area contributed by atoms with E-state index >= 15 is 4.39 Å². The van der Waals surface area contributed by atoms with Gasteiger partial charge in [-0.15, -0.1) is 5.10 Å². The van der Waals surface area contributed by atoms with Crippen molar-refractivity contribution in [3.05, 3.63) is 58.5 Å². The second-order valence-electron chi connectivity index (χ2n) is 9.63. The van der Waals surface area contributed by atoms with Crippen molar-refractivity contribution in [3.63, 3.8) is 0 Å². The summed E-state index contributed by atoms with van der Waals surface area (Å²) in [4.78, 5) is 2.07. The number of aromatic nitrogens is 2.